The van der Waals surface area contributed by atoms with Crippen LogP contribution in [0.1, 0.15) is 12.8 Å². The summed E-state index contributed by atoms with van der Waals surface area (Å²) in [5.41, 5.74) is 0. The number of carbonyl (C=O) groups is 1. The molecule has 11 heteroatoms. The van der Waals surface area contributed by atoms with Crippen LogP contribution in [-0.4, -0.2) is 58.1 Å². The second-order valence-electron chi connectivity index (χ2n) is 4.96. The summed E-state index contributed by atoms with van der Waals surface area (Å²) < 4.78 is 59.6. The van der Waals surface area contributed by atoms with Crippen molar-refractivity contribution in [3.05, 3.63) is 0 Å². The summed E-state index contributed by atoms with van der Waals surface area (Å²) in [6.07, 6.45) is -2.96. The molecule has 1 rings (SSSR count). The molecule has 4 N–H and O–H groups in total. The van der Waals surface area contributed by atoms with Crippen molar-refractivity contribution in [2.24, 2.45) is 11.1 Å². The summed E-state index contributed by atoms with van der Waals surface area (Å²) >= 11 is 0. The van der Waals surface area contributed by atoms with E-state index in [1.54, 1.807) is 0 Å². The van der Waals surface area contributed by atoms with Gasteiger partial charge in [-0.3, -0.25) is 4.79 Å². The molecule has 1 fully saturated rings. The molecular formula is C10H19F3N4O3S. The summed E-state index contributed by atoms with van der Waals surface area (Å²) in [5, 5.41) is 6.86. The molecular weight excluding hydrogens is 313 g/mol. The first-order valence-electron chi connectivity index (χ1n) is 6.39. The fraction of sp³-hybridized carbons (Fsp3) is 0.900. The molecule has 1 unspecified atom stereocenters. The number of halogens is 3. The number of nitrogens with two attached hydrogens (primary N) is 1. The second-order valence-corrected chi connectivity index (χ2v) is 6.34. The predicted molar refractivity (Wildman–Crippen MR) is 69.3 cm³/mol. The van der Waals surface area contributed by atoms with Gasteiger partial charge in [-0.2, -0.15) is 21.6 Å². The van der Waals surface area contributed by atoms with E-state index in [1.165, 1.54) is 4.90 Å². The quantitative estimate of drug-likeness (QED) is 0.590. The molecule has 0 aliphatic carbocycles. The monoisotopic (exact) mass is 332 g/mol. The van der Waals surface area contributed by atoms with E-state index in [4.69, 9.17) is 5.14 Å². The predicted octanol–water partition coefficient (Wildman–Crippen LogP) is -0.830. The van der Waals surface area contributed by atoms with Crippen LogP contribution in [0.4, 0.5) is 13.2 Å². The molecule has 21 heavy (non-hydrogen) atoms. The number of alkyl halides is 3. The summed E-state index contributed by atoms with van der Waals surface area (Å²) in [6, 6.07) is 0. The molecule has 0 saturated carbocycles. The lowest BCUT2D eigenvalue weighted by Crippen LogP contribution is -2.47. The molecule has 1 atom stereocenters. The Labute approximate surface area is 121 Å². The van der Waals surface area contributed by atoms with E-state index in [0.29, 0.717) is 19.5 Å². The van der Waals surface area contributed by atoms with Gasteiger partial charge in [0.25, 0.3) is 10.2 Å². The molecule has 0 aromatic rings. The van der Waals surface area contributed by atoms with Gasteiger partial charge in [0.05, 0.1) is 13.1 Å². The molecule has 0 aromatic carbocycles. The summed E-state index contributed by atoms with van der Waals surface area (Å²) in [5.74, 6) is -0.525. The molecule has 1 saturated heterocycles. The second kappa shape index (κ2) is 7.38. The topological polar surface area (TPSA) is 105 Å². The van der Waals surface area contributed by atoms with Gasteiger partial charge in [-0.25, -0.2) is 9.86 Å². The minimum Gasteiger partial charge on any atom is -0.341 e. The van der Waals surface area contributed by atoms with Crippen molar-refractivity contribution in [1.82, 2.24) is 14.9 Å². The zero-order chi connectivity index (χ0) is 16.1. The van der Waals surface area contributed by atoms with Crippen molar-refractivity contribution in [3.63, 3.8) is 0 Å². The highest BCUT2D eigenvalue weighted by atomic mass is 32.2. The third-order valence-corrected chi connectivity index (χ3v) is 3.62. The maximum Gasteiger partial charge on any atom is 0.401 e. The Morgan fingerprint density at radius 3 is 2.62 bits per heavy atom. The van der Waals surface area contributed by atoms with E-state index in [1.807, 2.05) is 5.32 Å². The first-order valence-corrected chi connectivity index (χ1v) is 7.94. The van der Waals surface area contributed by atoms with Gasteiger partial charge in [-0.05, 0) is 18.8 Å². The smallest absolute Gasteiger partial charge is 0.341 e. The highest BCUT2D eigenvalue weighted by Gasteiger charge is 2.28. The van der Waals surface area contributed by atoms with Gasteiger partial charge in [0.2, 0.25) is 5.91 Å². The first kappa shape index (κ1) is 18.1. The van der Waals surface area contributed by atoms with Crippen LogP contribution in [0, 0.1) is 5.92 Å². The molecule has 0 aromatic heterocycles. The lowest BCUT2D eigenvalue weighted by Gasteiger charge is -2.32. The molecule has 124 valence electrons. The number of likely N-dealkylation sites (tertiary alicyclic amines) is 1. The van der Waals surface area contributed by atoms with Crippen LogP contribution >= 0.6 is 0 Å². The average Bonchev–Trinajstić information content (AvgIpc) is 2.34. The molecule has 1 aliphatic rings. The normalized spacial score (nSPS) is 20.6. The van der Waals surface area contributed by atoms with Crippen LogP contribution in [0.15, 0.2) is 0 Å². The van der Waals surface area contributed by atoms with Gasteiger partial charge in [-0.15, -0.1) is 0 Å². The van der Waals surface area contributed by atoms with Gasteiger partial charge < -0.3 is 10.2 Å². The Bertz CT molecular complexity index is 455. The van der Waals surface area contributed by atoms with Crippen LogP contribution in [0.2, 0.25) is 0 Å². The molecule has 0 bridgehead atoms. The standard InChI is InChI=1S/C10H19F3N4O3S/c11-10(12,13)7-15-5-9(18)17-3-1-2-8(6-17)4-16-21(14,19)20/h8,15-16H,1-7H2,(H2,14,19,20). The van der Waals surface area contributed by atoms with Gasteiger partial charge in [0.15, 0.2) is 0 Å². The van der Waals surface area contributed by atoms with E-state index in [0.717, 1.165) is 6.42 Å². The Morgan fingerprint density at radius 1 is 1.38 bits per heavy atom. The molecule has 0 radical (unpaired) electrons. The highest BCUT2D eigenvalue weighted by Crippen LogP contribution is 2.16. The van der Waals surface area contributed by atoms with Gasteiger partial charge >= 0.3 is 6.18 Å². The van der Waals surface area contributed by atoms with Crippen LogP contribution in [-0.2, 0) is 15.0 Å². The zero-order valence-electron chi connectivity index (χ0n) is 11.3. The van der Waals surface area contributed by atoms with Crippen molar-refractivity contribution in [2.45, 2.75) is 19.0 Å². The fourth-order valence-electron chi connectivity index (χ4n) is 2.12. The van der Waals surface area contributed by atoms with Crippen LogP contribution < -0.4 is 15.2 Å². The summed E-state index contributed by atoms with van der Waals surface area (Å²) in [7, 11) is -3.78. The van der Waals surface area contributed by atoms with Crippen molar-refractivity contribution < 1.29 is 26.4 Å². The molecule has 7 nitrogen and oxygen atoms in total. The SMILES string of the molecule is NS(=O)(=O)NCC1CCCN(C(=O)CNCC(F)(F)F)C1. The van der Waals surface area contributed by atoms with Crippen molar-refractivity contribution in [3.8, 4) is 0 Å². The minimum atomic E-state index is -4.36. The van der Waals surface area contributed by atoms with Crippen LogP contribution in [0.25, 0.3) is 0 Å². The number of rotatable bonds is 6. The zero-order valence-corrected chi connectivity index (χ0v) is 12.1. The number of nitrogens with one attached hydrogen (secondary N) is 2. The Balaban J connectivity index is 2.36. The molecule has 1 aliphatic heterocycles. The summed E-state index contributed by atoms with van der Waals surface area (Å²) in [6.45, 7) is -0.746. The lowest BCUT2D eigenvalue weighted by molar-refractivity contribution is -0.135. The van der Waals surface area contributed by atoms with Crippen molar-refractivity contribution in [1.29, 1.82) is 0 Å². The maximum absolute atomic E-state index is 12.0. The van der Waals surface area contributed by atoms with E-state index in [-0.39, 0.29) is 12.5 Å². The number of nitrogens with zero attached hydrogens (tertiary/aromatic N) is 1. The van der Waals surface area contributed by atoms with Crippen molar-refractivity contribution in [2.75, 3.05) is 32.7 Å². The number of piperidine rings is 1. The number of hydrogen-bond donors (Lipinski definition) is 3. The molecule has 1 heterocycles. The Kier molecular flexibility index (Phi) is 6.38. The highest BCUT2D eigenvalue weighted by molar-refractivity contribution is 7.87. The van der Waals surface area contributed by atoms with Crippen LogP contribution in [0.3, 0.4) is 0 Å². The Hall–Kier alpha value is -0.910. The van der Waals surface area contributed by atoms with E-state index in [9.17, 15) is 26.4 Å². The van der Waals surface area contributed by atoms with Gasteiger partial charge in [0.1, 0.15) is 0 Å². The fourth-order valence-corrected chi connectivity index (χ4v) is 2.58. The van der Waals surface area contributed by atoms with Crippen LogP contribution in [0.5, 0.6) is 0 Å². The largest absolute Gasteiger partial charge is 0.401 e. The van der Waals surface area contributed by atoms with E-state index in [2.05, 4.69) is 4.72 Å². The van der Waals surface area contributed by atoms with Gasteiger partial charge in [0, 0.05) is 19.6 Å². The first-order chi connectivity index (χ1) is 9.57. The minimum absolute atomic E-state index is 0.0939. The summed E-state index contributed by atoms with van der Waals surface area (Å²) in [4.78, 5) is 13.2. The third-order valence-electron chi connectivity index (χ3n) is 3.05. The number of amides is 1. The Morgan fingerprint density at radius 2 is 2.05 bits per heavy atom. The van der Waals surface area contributed by atoms with Gasteiger partial charge in [-0.1, -0.05) is 0 Å². The average molecular weight is 332 g/mol. The number of hydrogen-bond acceptors (Lipinski definition) is 4. The molecule has 1 amide bonds. The molecule has 0 spiro atoms. The van der Waals surface area contributed by atoms with E-state index >= 15 is 0 Å². The number of carbonyl (C=O) groups excluding carboxylic acids is 1. The third kappa shape index (κ3) is 8.19. The van der Waals surface area contributed by atoms with Crippen molar-refractivity contribution >= 4 is 16.1 Å². The van der Waals surface area contributed by atoms with E-state index < -0.39 is 35.4 Å². The maximum atomic E-state index is 12.0. The lowest BCUT2D eigenvalue weighted by atomic mass is 9.98.